The van der Waals surface area contributed by atoms with Gasteiger partial charge in [0.2, 0.25) is 0 Å². The molecule has 6 nitrogen and oxygen atoms in total. The van der Waals surface area contributed by atoms with Crippen LogP contribution in [0.3, 0.4) is 0 Å². The maximum atomic E-state index is 10.6. The average molecular weight is 440 g/mol. The molecule has 0 heterocycles. The summed E-state index contributed by atoms with van der Waals surface area (Å²) in [7, 11) is 0. The Morgan fingerprint density at radius 3 is 0.857 bits per heavy atom. The van der Waals surface area contributed by atoms with Crippen LogP contribution in [0.5, 0.6) is 0 Å². The molecule has 0 aromatic heterocycles. The van der Waals surface area contributed by atoms with E-state index in [9.17, 15) is 14.4 Å². The molecular weight excluding hydrogens is 404 g/mol. The van der Waals surface area contributed by atoms with Crippen molar-refractivity contribution in [2.75, 3.05) is 0 Å². The standard InChI is InChI=1S/3C7H12O2.Fe/c3*1-3-4-7(9)5-6(2)8;/h3*5,8H,3-4H2,1-2H3;/b3*6-5-;. The quantitative estimate of drug-likeness (QED) is 0.250. The van der Waals surface area contributed by atoms with Gasteiger partial charge in [0.25, 0.3) is 0 Å². The first-order valence-corrected chi connectivity index (χ1v) is 9.20. The molecule has 0 rings (SSSR count). The van der Waals surface area contributed by atoms with Crippen LogP contribution in [-0.2, 0) is 31.5 Å². The van der Waals surface area contributed by atoms with Gasteiger partial charge in [-0.25, -0.2) is 0 Å². The molecule has 0 atom stereocenters. The van der Waals surface area contributed by atoms with Crippen molar-refractivity contribution in [1.29, 1.82) is 0 Å². The summed E-state index contributed by atoms with van der Waals surface area (Å²) in [6.45, 7) is 10.3. The smallest absolute Gasteiger partial charge is 0.158 e. The van der Waals surface area contributed by atoms with Crippen molar-refractivity contribution in [2.45, 2.75) is 80.1 Å². The summed E-state index contributed by atoms with van der Waals surface area (Å²) < 4.78 is 0. The molecule has 0 spiro atoms. The van der Waals surface area contributed by atoms with Crippen molar-refractivity contribution in [3.63, 3.8) is 0 Å². The molecule has 0 radical (unpaired) electrons. The molecule has 164 valence electrons. The molecule has 0 unspecified atom stereocenters. The Kier molecular flexibility index (Phi) is 27.9. The third-order valence-corrected chi connectivity index (χ3v) is 2.60. The van der Waals surface area contributed by atoms with E-state index in [4.69, 9.17) is 15.3 Å². The number of aliphatic hydroxyl groups excluding tert-OH is 3. The van der Waals surface area contributed by atoms with Gasteiger partial charge in [0.05, 0.1) is 17.3 Å². The van der Waals surface area contributed by atoms with Gasteiger partial charge in [-0.3, -0.25) is 14.4 Å². The van der Waals surface area contributed by atoms with Crippen LogP contribution in [0.25, 0.3) is 0 Å². The number of carbonyl (C=O) groups excluding carboxylic acids is 3. The third-order valence-electron chi connectivity index (χ3n) is 2.60. The number of hydrogen-bond acceptors (Lipinski definition) is 6. The number of ketones is 3. The van der Waals surface area contributed by atoms with E-state index in [0.717, 1.165) is 19.3 Å². The van der Waals surface area contributed by atoms with Crippen molar-refractivity contribution < 1.29 is 46.8 Å². The molecule has 3 N–H and O–H groups in total. The number of hydrogen-bond donors (Lipinski definition) is 3. The fraction of sp³-hybridized carbons (Fsp3) is 0.571. The molecule has 0 aliphatic heterocycles. The number of carbonyl (C=O) groups is 3. The van der Waals surface area contributed by atoms with Crippen LogP contribution in [0.4, 0.5) is 0 Å². The van der Waals surface area contributed by atoms with Crippen LogP contribution in [0.1, 0.15) is 80.1 Å². The third kappa shape index (κ3) is 35.3. The van der Waals surface area contributed by atoms with E-state index >= 15 is 0 Å². The van der Waals surface area contributed by atoms with Gasteiger partial charge in [0.1, 0.15) is 0 Å². The van der Waals surface area contributed by atoms with Gasteiger partial charge in [0, 0.05) is 54.6 Å². The molecule has 0 aliphatic rings. The zero-order valence-electron chi connectivity index (χ0n) is 17.9. The molecule has 0 saturated carbocycles. The van der Waals surface area contributed by atoms with Crippen molar-refractivity contribution in [3.05, 3.63) is 35.5 Å². The molecule has 0 amide bonds. The molecule has 0 saturated heterocycles. The van der Waals surface area contributed by atoms with E-state index in [1.807, 2.05) is 20.8 Å². The Hall–Kier alpha value is -1.85. The van der Waals surface area contributed by atoms with Gasteiger partial charge in [0.15, 0.2) is 17.3 Å². The summed E-state index contributed by atoms with van der Waals surface area (Å²) in [5.41, 5.74) is 0. The van der Waals surface area contributed by atoms with Gasteiger partial charge in [-0.1, -0.05) is 20.8 Å². The number of allylic oxidation sites excluding steroid dienone is 6. The summed E-state index contributed by atoms with van der Waals surface area (Å²) >= 11 is 0. The maximum absolute atomic E-state index is 10.6. The van der Waals surface area contributed by atoms with Crippen molar-refractivity contribution in [3.8, 4) is 0 Å². The Morgan fingerprint density at radius 1 is 0.571 bits per heavy atom. The Bertz CT molecular complexity index is 445. The van der Waals surface area contributed by atoms with E-state index in [1.54, 1.807) is 0 Å². The zero-order valence-corrected chi connectivity index (χ0v) is 19.0. The second-order valence-corrected chi connectivity index (χ2v) is 6.01. The summed E-state index contributed by atoms with van der Waals surface area (Å²) in [6.07, 6.45) is 7.85. The summed E-state index contributed by atoms with van der Waals surface area (Å²) in [6, 6.07) is 0. The van der Waals surface area contributed by atoms with Crippen molar-refractivity contribution in [2.24, 2.45) is 0 Å². The fourth-order valence-corrected chi connectivity index (χ4v) is 1.65. The summed E-state index contributed by atoms with van der Waals surface area (Å²) in [5.74, 6) is 0.267. The van der Waals surface area contributed by atoms with E-state index in [0.29, 0.717) is 19.3 Å². The number of rotatable bonds is 9. The van der Waals surface area contributed by atoms with Gasteiger partial charge in [-0.15, -0.1) is 0 Å². The SMILES string of the molecule is CCCC(=O)/C=C(/C)O.CCCC(=O)/C=C(/C)O.CCCC(=O)/C=C(/C)O.[Fe]. The normalized spacial score (nSPS) is 11.1. The Labute approximate surface area is 179 Å². The van der Waals surface area contributed by atoms with Crippen LogP contribution in [-0.4, -0.2) is 32.7 Å². The van der Waals surface area contributed by atoms with Crippen LogP contribution < -0.4 is 0 Å². The average Bonchev–Trinajstić information content (AvgIpc) is 2.46. The zero-order chi connectivity index (χ0) is 21.8. The van der Waals surface area contributed by atoms with E-state index in [-0.39, 0.29) is 51.7 Å². The van der Waals surface area contributed by atoms with E-state index in [2.05, 4.69) is 0 Å². The second-order valence-electron chi connectivity index (χ2n) is 6.01. The summed E-state index contributed by atoms with van der Waals surface area (Å²) in [5, 5.41) is 25.8. The van der Waals surface area contributed by atoms with Gasteiger partial charge < -0.3 is 15.3 Å². The molecule has 28 heavy (non-hydrogen) atoms. The minimum absolute atomic E-state index is 0. The second kappa shape index (κ2) is 23.2. The fourth-order valence-electron chi connectivity index (χ4n) is 1.65. The molecule has 0 fully saturated rings. The monoisotopic (exact) mass is 440 g/mol. The predicted molar refractivity (Wildman–Crippen MR) is 109 cm³/mol. The molecule has 0 aromatic carbocycles. The van der Waals surface area contributed by atoms with Gasteiger partial charge >= 0.3 is 0 Å². The van der Waals surface area contributed by atoms with Gasteiger partial charge in [-0.2, -0.15) is 0 Å². The van der Waals surface area contributed by atoms with Crippen LogP contribution in [0.2, 0.25) is 0 Å². The topological polar surface area (TPSA) is 112 Å². The van der Waals surface area contributed by atoms with Crippen molar-refractivity contribution >= 4 is 17.3 Å². The maximum Gasteiger partial charge on any atom is 0.158 e. The van der Waals surface area contributed by atoms with Crippen LogP contribution in [0, 0.1) is 0 Å². The van der Waals surface area contributed by atoms with Crippen LogP contribution in [0.15, 0.2) is 35.5 Å². The first-order chi connectivity index (χ1) is 12.5. The molecule has 0 bridgehead atoms. The van der Waals surface area contributed by atoms with Crippen LogP contribution >= 0.6 is 0 Å². The molecule has 0 aromatic rings. The Balaban J connectivity index is -0.000000152. The minimum atomic E-state index is -0.00231. The summed E-state index contributed by atoms with van der Waals surface area (Å²) in [4.78, 5) is 31.9. The molecular formula is C21H36FeO6. The van der Waals surface area contributed by atoms with Crippen molar-refractivity contribution in [1.82, 2.24) is 0 Å². The van der Waals surface area contributed by atoms with E-state index < -0.39 is 0 Å². The number of aliphatic hydroxyl groups is 3. The van der Waals surface area contributed by atoms with Gasteiger partial charge in [-0.05, 0) is 40.0 Å². The minimum Gasteiger partial charge on any atom is -0.512 e. The Morgan fingerprint density at radius 2 is 0.750 bits per heavy atom. The molecule has 0 aliphatic carbocycles. The first kappa shape index (κ1) is 33.7. The van der Waals surface area contributed by atoms with E-state index in [1.165, 1.54) is 39.0 Å². The molecule has 7 heteroatoms. The first-order valence-electron chi connectivity index (χ1n) is 9.20. The largest absolute Gasteiger partial charge is 0.512 e. The predicted octanol–water partition coefficient (Wildman–Crippen LogP) is 5.45.